The van der Waals surface area contributed by atoms with E-state index in [1.165, 1.54) is 10.4 Å². The largest absolute Gasteiger partial charge is 0.383 e. The van der Waals surface area contributed by atoms with Gasteiger partial charge in [-0.3, -0.25) is 4.98 Å². The van der Waals surface area contributed by atoms with E-state index in [0.717, 1.165) is 15.8 Å². The molecule has 0 amide bonds. The van der Waals surface area contributed by atoms with Crippen molar-refractivity contribution in [2.24, 2.45) is 0 Å². The molecule has 0 fully saturated rings. The number of fused-ring (bicyclic) bond motifs is 1. The van der Waals surface area contributed by atoms with E-state index in [0.29, 0.717) is 11.6 Å². The molecule has 5 heteroatoms. The summed E-state index contributed by atoms with van der Waals surface area (Å²) in [5, 5.41) is 0.982. The van der Waals surface area contributed by atoms with Crippen molar-refractivity contribution in [1.29, 1.82) is 0 Å². The van der Waals surface area contributed by atoms with Crippen molar-refractivity contribution >= 4 is 27.4 Å². The third-order valence-electron chi connectivity index (χ3n) is 3.00. The molecule has 18 heavy (non-hydrogen) atoms. The number of hydrogen-bond acceptors (Lipinski definition) is 5. The average molecular weight is 256 g/mol. The number of thiophene rings is 1. The van der Waals surface area contributed by atoms with Crippen LogP contribution in [0.25, 0.3) is 21.6 Å². The fourth-order valence-corrected chi connectivity index (χ4v) is 2.95. The molecule has 0 spiro atoms. The SMILES string of the molecule is Cc1sc2nc(-c3ccncc3)nc(N)c2c1C. The van der Waals surface area contributed by atoms with Crippen LogP contribution >= 0.6 is 11.3 Å². The van der Waals surface area contributed by atoms with E-state index in [1.54, 1.807) is 23.7 Å². The van der Waals surface area contributed by atoms with Crippen molar-refractivity contribution < 1.29 is 0 Å². The zero-order valence-corrected chi connectivity index (χ0v) is 11.0. The normalized spacial score (nSPS) is 11.0. The molecule has 0 aliphatic heterocycles. The second-order valence-electron chi connectivity index (χ2n) is 4.13. The van der Waals surface area contributed by atoms with Gasteiger partial charge in [0, 0.05) is 22.8 Å². The molecule has 0 saturated heterocycles. The Morgan fingerprint density at radius 2 is 1.83 bits per heavy atom. The lowest BCUT2D eigenvalue weighted by Crippen LogP contribution is -1.96. The van der Waals surface area contributed by atoms with Crippen molar-refractivity contribution in [3.63, 3.8) is 0 Å². The first-order valence-corrected chi connectivity index (χ1v) is 6.42. The zero-order chi connectivity index (χ0) is 12.7. The zero-order valence-electron chi connectivity index (χ0n) is 10.1. The average Bonchev–Trinajstić information content (AvgIpc) is 2.66. The van der Waals surface area contributed by atoms with Crippen molar-refractivity contribution in [2.45, 2.75) is 13.8 Å². The summed E-state index contributed by atoms with van der Waals surface area (Å²) in [5.74, 6) is 1.21. The minimum Gasteiger partial charge on any atom is -0.383 e. The molecule has 0 saturated carbocycles. The lowest BCUT2D eigenvalue weighted by atomic mass is 10.2. The van der Waals surface area contributed by atoms with Crippen molar-refractivity contribution in [3.8, 4) is 11.4 Å². The molecule has 90 valence electrons. The number of nitrogens with zero attached hydrogens (tertiary/aromatic N) is 3. The Balaban J connectivity index is 2.28. The molecule has 0 unspecified atom stereocenters. The fraction of sp³-hybridized carbons (Fsp3) is 0.154. The fourth-order valence-electron chi connectivity index (χ4n) is 1.91. The minimum atomic E-state index is 0.550. The molecule has 2 N–H and O–H groups in total. The number of nitrogen functional groups attached to an aromatic ring is 1. The van der Waals surface area contributed by atoms with Gasteiger partial charge >= 0.3 is 0 Å². The van der Waals surface area contributed by atoms with Gasteiger partial charge in [0.2, 0.25) is 0 Å². The van der Waals surface area contributed by atoms with Crippen LogP contribution in [0.2, 0.25) is 0 Å². The second-order valence-corrected chi connectivity index (χ2v) is 5.33. The number of hydrogen-bond donors (Lipinski definition) is 1. The van der Waals surface area contributed by atoms with E-state index in [4.69, 9.17) is 5.73 Å². The summed E-state index contributed by atoms with van der Waals surface area (Å²) in [4.78, 5) is 15.2. The Morgan fingerprint density at radius 1 is 1.11 bits per heavy atom. The highest BCUT2D eigenvalue weighted by molar-refractivity contribution is 7.18. The third kappa shape index (κ3) is 1.64. The molecule has 3 rings (SSSR count). The van der Waals surface area contributed by atoms with Gasteiger partial charge in [0.25, 0.3) is 0 Å². The molecule has 0 aliphatic carbocycles. The number of nitrogens with two attached hydrogens (primary N) is 1. The maximum Gasteiger partial charge on any atom is 0.163 e. The van der Waals surface area contributed by atoms with Gasteiger partial charge in [0.1, 0.15) is 10.6 Å². The summed E-state index contributed by atoms with van der Waals surface area (Å²) in [6.45, 7) is 4.13. The highest BCUT2D eigenvalue weighted by Crippen LogP contribution is 2.33. The second kappa shape index (κ2) is 4.03. The molecule has 3 aromatic rings. The van der Waals surface area contributed by atoms with Gasteiger partial charge < -0.3 is 5.73 Å². The summed E-state index contributed by atoms with van der Waals surface area (Å²) in [6.07, 6.45) is 3.45. The first-order valence-electron chi connectivity index (χ1n) is 5.60. The molecule has 0 radical (unpaired) electrons. The maximum atomic E-state index is 6.05. The van der Waals surface area contributed by atoms with Crippen LogP contribution in [0.15, 0.2) is 24.5 Å². The van der Waals surface area contributed by atoms with Crippen LogP contribution in [-0.4, -0.2) is 15.0 Å². The third-order valence-corrected chi connectivity index (χ3v) is 4.10. The Hall–Kier alpha value is -2.01. The van der Waals surface area contributed by atoms with Crippen LogP contribution in [0.1, 0.15) is 10.4 Å². The van der Waals surface area contributed by atoms with Crippen LogP contribution in [0, 0.1) is 13.8 Å². The van der Waals surface area contributed by atoms with Crippen LogP contribution < -0.4 is 5.73 Å². The quantitative estimate of drug-likeness (QED) is 0.727. The molecule has 3 heterocycles. The molecular formula is C13H12N4S. The molecule has 0 aliphatic rings. The molecule has 3 aromatic heterocycles. The van der Waals surface area contributed by atoms with E-state index in [9.17, 15) is 0 Å². The summed E-state index contributed by atoms with van der Waals surface area (Å²) < 4.78 is 0. The van der Waals surface area contributed by atoms with Crippen LogP contribution in [0.5, 0.6) is 0 Å². The lowest BCUT2D eigenvalue weighted by molar-refractivity contribution is 1.23. The highest BCUT2D eigenvalue weighted by atomic mass is 32.1. The van der Waals surface area contributed by atoms with Crippen LogP contribution in [0.4, 0.5) is 5.82 Å². The van der Waals surface area contributed by atoms with E-state index >= 15 is 0 Å². The smallest absolute Gasteiger partial charge is 0.163 e. The van der Waals surface area contributed by atoms with E-state index in [2.05, 4.69) is 28.8 Å². The number of pyridine rings is 1. The first-order chi connectivity index (χ1) is 8.66. The summed E-state index contributed by atoms with van der Waals surface area (Å²) >= 11 is 1.66. The van der Waals surface area contributed by atoms with Gasteiger partial charge in [-0.2, -0.15) is 0 Å². The van der Waals surface area contributed by atoms with Crippen LogP contribution in [0.3, 0.4) is 0 Å². The summed E-state index contributed by atoms with van der Waals surface area (Å²) in [7, 11) is 0. The Kier molecular flexibility index (Phi) is 2.48. The van der Waals surface area contributed by atoms with Crippen molar-refractivity contribution in [1.82, 2.24) is 15.0 Å². The predicted molar refractivity (Wildman–Crippen MR) is 74.5 cm³/mol. The van der Waals surface area contributed by atoms with Crippen LogP contribution in [-0.2, 0) is 0 Å². The minimum absolute atomic E-state index is 0.550. The molecule has 4 nitrogen and oxygen atoms in total. The van der Waals surface area contributed by atoms with Gasteiger partial charge in [-0.05, 0) is 31.5 Å². The number of rotatable bonds is 1. The Labute approximate surface area is 109 Å². The lowest BCUT2D eigenvalue weighted by Gasteiger charge is -2.02. The number of anilines is 1. The number of aryl methyl sites for hydroxylation is 2. The van der Waals surface area contributed by atoms with E-state index in [-0.39, 0.29) is 0 Å². The van der Waals surface area contributed by atoms with E-state index in [1.807, 2.05) is 12.1 Å². The molecule has 0 bridgehead atoms. The first kappa shape index (κ1) is 11.1. The van der Waals surface area contributed by atoms with Gasteiger partial charge in [-0.15, -0.1) is 11.3 Å². The van der Waals surface area contributed by atoms with E-state index < -0.39 is 0 Å². The Bertz CT molecular complexity index is 719. The van der Waals surface area contributed by atoms with Crippen molar-refractivity contribution in [3.05, 3.63) is 35.0 Å². The van der Waals surface area contributed by atoms with Gasteiger partial charge in [0.05, 0.1) is 5.39 Å². The molecule has 0 aromatic carbocycles. The monoisotopic (exact) mass is 256 g/mol. The van der Waals surface area contributed by atoms with Gasteiger partial charge in [-0.1, -0.05) is 0 Å². The Morgan fingerprint density at radius 3 is 2.56 bits per heavy atom. The molecule has 0 atom stereocenters. The predicted octanol–water partition coefficient (Wildman–Crippen LogP) is 2.95. The van der Waals surface area contributed by atoms with Gasteiger partial charge in [0.15, 0.2) is 5.82 Å². The maximum absolute atomic E-state index is 6.05. The number of aromatic nitrogens is 3. The van der Waals surface area contributed by atoms with Gasteiger partial charge in [-0.25, -0.2) is 9.97 Å². The van der Waals surface area contributed by atoms with Crippen molar-refractivity contribution in [2.75, 3.05) is 5.73 Å². The summed E-state index contributed by atoms with van der Waals surface area (Å²) in [5.41, 5.74) is 8.16. The topological polar surface area (TPSA) is 64.7 Å². The standard InChI is InChI=1S/C13H12N4S/c1-7-8(2)18-13-10(7)11(14)16-12(17-13)9-3-5-15-6-4-9/h3-6H,1-2H3,(H2,14,16,17). The highest BCUT2D eigenvalue weighted by Gasteiger charge is 2.13. The summed E-state index contributed by atoms with van der Waals surface area (Å²) in [6, 6.07) is 3.77. The molecular weight excluding hydrogens is 244 g/mol.